The number of carboxylic acid groups (broad SMARTS) is 1. The molecule has 1 aliphatic rings. The molecule has 1 aliphatic carbocycles. The molecule has 0 aliphatic heterocycles. The van der Waals surface area contributed by atoms with Gasteiger partial charge in [-0.1, -0.05) is 0 Å². The van der Waals surface area contributed by atoms with Crippen LogP contribution in [0.15, 0.2) is 0 Å². The van der Waals surface area contributed by atoms with Crippen LogP contribution in [0, 0.1) is 0 Å². The van der Waals surface area contributed by atoms with Crippen LogP contribution in [0.2, 0.25) is 0 Å². The number of hydrogen-bond acceptors (Lipinski definition) is 4. The van der Waals surface area contributed by atoms with Gasteiger partial charge in [-0.2, -0.15) is 0 Å². The quantitative estimate of drug-likeness (QED) is 0.636. The number of methoxy groups -OCH3 is 2. The molecule has 0 aromatic heterocycles. The van der Waals surface area contributed by atoms with Gasteiger partial charge >= 0.3 is 12.0 Å². The van der Waals surface area contributed by atoms with E-state index in [1.807, 2.05) is 0 Å². The molecule has 1 atom stereocenters. The van der Waals surface area contributed by atoms with Crippen molar-refractivity contribution in [2.24, 2.45) is 0 Å². The van der Waals surface area contributed by atoms with Crippen LogP contribution in [-0.4, -0.2) is 68.1 Å². The fourth-order valence-corrected chi connectivity index (χ4v) is 1.60. The maximum Gasteiger partial charge on any atom is 0.323 e. The maximum atomic E-state index is 11.8. The van der Waals surface area contributed by atoms with Gasteiger partial charge in [0.25, 0.3) is 0 Å². The summed E-state index contributed by atoms with van der Waals surface area (Å²) in [6, 6.07) is -0.303. The van der Waals surface area contributed by atoms with E-state index in [0.29, 0.717) is 13.2 Å². The lowest BCUT2D eigenvalue weighted by molar-refractivity contribution is -0.137. The van der Waals surface area contributed by atoms with Crippen molar-refractivity contribution in [3.8, 4) is 0 Å². The largest absolute Gasteiger partial charge is 0.480 e. The lowest BCUT2D eigenvalue weighted by atomic mass is 10.3. The first kappa shape index (κ1) is 14.7. The van der Waals surface area contributed by atoms with Gasteiger partial charge in [-0.05, 0) is 12.8 Å². The minimum absolute atomic E-state index is 0.0597. The summed E-state index contributed by atoms with van der Waals surface area (Å²) < 4.78 is 10.0. The van der Waals surface area contributed by atoms with Crippen LogP contribution >= 0.6 is 0 Å². The lowest BCUT2D eigenvalue weighted by Gasteiger charge is -2.22. The molecular formula is C11H20N2O5. The minimum atomic E-state index is -1.00. The zero-order valence-electron chi connectivity index (χ0n) is 10.7. The zero-order valence-corrected chi connectivity index (χ0v) is 10.7. The number of ether oxygens (including phenoxy) is 2. The van der Waals surface area contributed by atoms with E-state index in [1.54, 1.807) is 7.11 Å². The molecule has 18 heavy (non-hydrogen) atoms. The second-order valence-electron chi connectivity index (χ2n) is 4.25. The Morgan fingerprint density at radius 1 is 1.44 bits per heavy atom. The molecule has 0 heterocycles. The molecule has 0 aromatic rings. The first-order valence-corrected chi connectivity index (χ1v) is 5.86. The van der Waals surface area contributed by atoms with Crippen molar-refractivity contribution in [1.82, 2.24) is 10.2 Å². The van der Waals surface area contributed by atoms with Crippen LogP contribution in [0.5, 0.6) is 0 Å². The van der Waals surface area contributed by atoms with Crippen LogP contribution in [0.4, 0.5) is 4.79 Å². The van der Waals surface area contributed by atoms with Gasteiger partial charge in [0.05, 0.1) is 12.7 Å². The third-order valence-electron chi connectivity index (χ3n) is 2.72. The predicted octanol–water partition coefficient (Wildman–Crippen LogP) is -0.0936. The second kappa shape index (κ2) is 7.17. The van der Waals surface area contributed by atoms with Crippen molar-refractivity contribution >= 4 is 12.0 Å². The van der Waals surface area contributed by atoms with E-state index in [9.17, 15) is 9.59 Å². The molecule has 1 rings (SSSR count). The Morgan fingerprint density at radius 3 is 2.56 bits per heavy atom. The molecule has 1 fully saturated rings. The molecule has 104 valence electrons. The molecular weight excluding hydrogens is 240 g/mol. The average molecular weight is 260 g/mol. The van der Waals surface area contributed by atoms with E-state index >= 15 is 0 Å². The van der Waals surface area contributed by atoms with E-state index in [-0.39, 0.29) is 24.7 Å². The molecule has 0 radical (unpaired) electrons. The Hall–Kier alpha value is -1.34. The van der Waals surface area contributed by atoms with Crippen molar-refractivity contribution in [3.63, 3.8) is 0 Å². The van der Waals surface area contributed by atoms with E-state index in [2.05, 4.69) is 5.32 Å². The number of urea groups is 1. The molecule has 2 amide bonds. The Labute approximate surface area is 106 Å². The molecule has 7 heteroatoms. The van der Waals surface area contributed by atoms with Gasteiger partial charge in [-0.15, -0.1) is 0 Å². The molecule has 1 unspecified atom stereocenters. The Kier molecular flexibility index (Phi) is 5.87. The Morgan fingerprint density at radius 2 is 2.11 bits per heavy atom. The fourth-order valence-electron chi connectivity index (χ4n) is 1.60. The number of rotatable bonds is 8. The van der Waals surface area contributed by atoms with Crippen LogP contribution in [0.3, 0.4) is 0 Å². The van der Waals surface area contributed by atoms with Crippen molar-refractivity contribution in [3.05, 3.63) is 0 Å². The van der Waals surface area contributed by atoms with E-state index in [1.165, 1.54) is 12.0 Å². The standard InChI is InChI=1S/C11H20N2O5/c1-17-7-9(18-2)5-12-11(16)13(6-10(14)15)8-3-4-8/h8-9H,3-7H2,1-2H3,(H,12,16)(H,14,15). The van der Waals surface area contributed by atoms with E-state index in [0.717, 1.165) is 12.8 Å². The highest BCUT2D eigenvalue weighted by atomic mass is 16.5. The third kappa shape index (κ3) is 4.89. The smallest absolute Gasteiger partial charge is 0.323 e. The normalized spacial score (nSPS) is 16.1. The summed E-state index contributed by atoms with van der Waals surface area (Å²) in [6.07, 6.45) is 1.50. The highest BCUT2D eigenvalue weighted by Gasteiger charge is 2.33. The topological polar surface area (TPSA) is 88.1 Å². The lowest BCUT2D eigenvalue weighted by Crippen LogP contribution is -2.47. The number of nitrogens with zero attached hydrogens (tertiary/aromatic N) is 1. The Balaban J connectivity index is 2.38. The van der Waals surface area contributed by atoms with Crippen molar-refractivity contribution in [2.45, 2.75) is 25.0 Å². The summed E-state index contributed by atoms with van der Waals surface area (Å²) in [7, 11) is 3.08. The highest BCUT2D eigenvalue weighted by Crippen LogP contribution is 2.26. The Bertz CT molecular complexity index is 293. The SMILES string of the molecule is COCC(CNC(=O)N(CC(=O)O)C1CC1)OC. The van der Waals surface area contributed by atoms with Gasteiger partial charge in [0.2, 0.25) is 0 Å². The second-order valence-corrected chi connectivity index (χ2v) is 4.25. The average Bonchev–Trinajstić information content (AvgIpc) is 3.14. The molecule has 0 aromatic carbocycles. The number of carbonyl (C=O) groups is 2. The molecule has 0 saturated heterocycles. The maximum absolute atomic E-state index is 11.8. The van der Waals surface area contributed by atoms with Crippen LogP contribution < -0.4 is 5.32 Å². The van der Waals surface area contributed by atoms with Crippen molar-refractivity contribution < 1.29 is 24.2 Å². The summed E-state index contributed by atoms with van der Waals surface area (Å²) in [4.78, 5) is 23.9. The first-order chi connectivity index (χ1) is 8.58. The summed E-state index contributed by atoms with van der Waals surface area (Å²) in [5.41, 5.74) is 0. The number of aliphatic carboxylic acids is 1. The fraction of sp³-hybridized carbons (Fsp3) is 0.818. The number of carboxylic acids is 1. The van der Waals surface area contributed by atoms with Crippen molar-refractivity contribution in [1.29, 1.82) is 0 Å². The highest BCUT2D eigenvalue weighted by molar-refractivity contribution is 5.80. The van der Waals surface area contributed by atoms with Crippen LogP contribution in [0.25, 0.3) is 0 Å². The summed E-state index contributed by atoms with van der Waals surface area (Å²) in [5, 5.41) is 11.4. The number of carbonyl (C=O) groups excluding carboxylic acids is 1. The number of amides is 2. The summed E-state index contributed by atoms with van der Waals surface area (Å²) >= 11 is 0. The molecule has 0 bridgehead atoms. The number of nitrogens with one attached hydrogen (secondary N) is 1. The zero-order chi connectivity index (χ0) is 13.5. The predicted molar refractivity (Wildman–Crippen MR) is 63.4 cm³/mol. The third-order valence-corrected chi connectivity index (χ3v) is 2.72. The summed E-state index contributed by atoms with van der Waals surface area (Å²) in [5.74, 6) is -1.00. The van der Waals surface area contributed by atoms with E-state index in [4.69, 9.17) is 14.6 Å². The molecule has 0 spiro atoms. The van der Waals surface area contributed by atoms with Gasteiger partial charge in [-0.3, -0.25) is 4.79 Å². The van der Waals surface area contributed by atoms with Gasteiger partial charge in [-0.25, -0.2) is 4.79 Å². The molecule has 2 N–H and O–H groups in total. The van der Waals surface area contributed by atoms with Crippen LogP contribution in [-0.2, 0) is 14.3 Å². The molecule has 1 saturated carbocycles. The van der Waals surface area contributed by atoms with Crippen LogP contribution in [0.1, 0.15) is 12.8 Å². The van der Waals surface area contributed by atoms with Crippen molar-refractivity contribution in [2.75, 3.05) is 33.9 Å². The van der Waals surface area contributed by atoms with Gasteiger partial charge < -0.3 is 24.8 Å². The van der Waals surface area contributed by atoms with Gasteiger partial charge in [0.1, 0.15) is 6.54 Å². The molecule has 7 nitrogen and oxygen atoms in total. The first-order valence-electron chi connectivity index (χ1n) is 5.86. The minimum Gasteiger partial charge on any atom is -0.480 e. The number of hydrogen-bond donors (Lipinski definition) is 2. The van der Waals surface area contributed by atoms with Gasteiger partial charge in [0.15, 0.2) is 0 Å². The summed E-state index contributed by atoms with van der Waals surface area (Å²) in [6.45, 7) is 0.406. The van der Waals surface area contributed by atoms with E-state index < -0.39 is 5.97 Å². The monoisotopic (exact) mass is 260 g/mol. The van der Waals surface area contributed by atoms with Gasteiger partial charge in [0, 0.05) is 26.8 Å².